The lowest BCUT2D eigenvalue weighted by Gasteiger charge is -2.24. The maximum atomic E-state index is 13.5. The molecular formula is C22H24ClN9O2. The van der Waals surface area contributed by atoms with Crippen molar-refractivity contribution in [3.8, 4) is 6.07 Å². The average molecular weight is 482 g/mol. The Labute approximate surface area is 199 Å². The van der Waals surface area contributed by atoms with Gasteiger partial charge in [0, 0.05) is 13.0 Å². The summed E-state index contributed by atoms with van der Waals surface area (Å²) in [7, 11) is 0. The highest BCUT2D eigenvalue weighted by Gasteiger charge is 2.36. The molecule has 12 heteroatoms. The zero-order valence-corrected chi connectivity index (χ0v) is 19.0. The molecule has 0 spiro atoms. The number of fused-ring (bicyclic) bond motifs is 1. The summed E-state index contributed by atoms with van der Waals surface area (Å²) in [5.74, 6) is 0.327. The molecule has 176 valence electrons. The normalized spacial score (nSPS) is 14.0. The van der Waals surface area contributed by atoms with E-state index in [1.54, 1.807) is 22.8 Å². The molecule has 0 radical (unpaired) electrons. The van der Waals surface area contributed by atoms with Crippen LogP contribution in [0.5, 0.6) is 0 Å². The number of rotatable bonds is 9. The van der Waals surface area contributed by atoms with Crippen molar-refractivity contribution in [2.75, 3.05) is 16.8 Å². The third kappa shape index (κ3) is 4.72. The monoisotopic (exact) mass is 481 g/mol. The minimum Gasteiger partial charge on any atom is -0.382 e. The number of nitrogen functional groups attached to an aromatic ring is 2. The number of nitrogens with one attached hydrogen (secondary N) is 1. The van der Waals surface area contributed by atoms with E-state index in [0.29, 0.717) is 41.1 Å². The second-order valence-electron chi connectivity index (χ2n) is 8.25. The molecule has 0 bridgehead atoms. The Hall–Kier alpha value is -3.91. The number of nitrogens with two attached hydrogens (primary N) is 3. The van der Waals surface area contributed by atoms with Crippen LogP contribution in [0.15, 0.2) is 23.0 Å². The van der Waals surface area contributed by atoms with E-state index in [1.807, 2.05) is 6.07 Å². The zero-order chi connectivity index (χ0) is 24.4. The molecule has 0 saturated heterocycles. The van der Waals surface area contributed by atoms with E-state index in [-0.39, 0.29) is 41.0 Å². The van der Waals surface area contributed by atoms with Crippen molar-refractivity contribution >= 4 is 46.0 Å². The second-order valence-corrected chi connectivity index (χ2v) is 8.65. The number of carbonyl (C=O) groups excluding carboxylic acids is 1. The molecule has 3 aromatic rings. The number of primary amides is 1. The number of carbonyl (C=O) groups is 1. The first kappa shape index (κ1) is 23.3. The van der Waals surface area contributed by atoms with Gasteiger partial charge in [-0.05, 0) is 43.7 Å². The molecule has 1 atom stereocenters. The molecule has 1 saturated carbocycles. The molecule has 1 aliphatic carbocycles. The summed E-state index contributed by atoms with van der Waals surface area (Å²) in [6, 6.07) is 6.68. The standard InChI is InChI=1S/C22H24ClN9O2/c23-13-4-3-5-14-16(13)21(34)32(9-2-1-6-15(25)33)20(28-14)17(11-7-8-11)29-19-12(10-24)18(26)30-22(27)31-19/h3-5,11,17H,1-2,6-9H2,(H2,25,33)(H5,26,27,29,30,31)/t17-/m0/s1. The number of halogens is 1. The maximum Gasteiger partial charge on any atom is 0.262 e. The van der Waals surface area contributed by atoms with Gasteiger partial charge in [-0.15, -0.1) is 0 Å². The van der Waals surface area contributed by atoms with Gasteiger partial charge in [0.1, 0.15) is 23.3 Å². The number of hydrogen-bond donors (Lipinski definition) is 4. The van der Waals surface area contributed by atoms with Crippen LogP contribution in [-0.4, -0.2) is 25.4 Å². The summed E-state index contributed by atoms with van der Waals surface area (Å²) in [5, 5.41) is 13.5. The number of unbranched alkanes of at least 4 members (excludes halogenated alkanes) is 1. The van der Waals surface area contributed by atoms with Crippen LogP contribution in [-0.2, 0) is 11.3 Å². The first-order valence-corrected chi connectivity index (χ1v) is 11.2. The maximum absolute atomic E-state index is 13.5. The predicted molar refractivity (Wildman–Crippen MR) is 129 cm³/mol. The van der Waals surface area contributed by atoms with E-state index < -0.39 is 11.9 Å². The number of nitrogens with zero attached hydrogens (tertiary/aromatic N) is 5. The molecule has 1 aromatic carbocycles. The Kier molecular flexibility index (Phi) is 6.51. The van der Waals surface area contributed by atoms with Crippen LogP contribution < -0.4 is 28.1 Å². The van der Waals surface area contributed by atoms with Gasteiger partial charge in [-0.2, -0.15) is 15.2 Å². The van der Waals surface area contributed by atoms with Crippen LogP contribution in [0.4, 0.5) is 17.6 Å². The molecule has 2 heterocycles. The molecule has 2 aromatic heterocycles. The van der Waals surface area contributed by atoms with Crippen molar-refractivity contribution in [3.05, 3.63) is 45.0 Å². The highest BCUT2D eigenvalue weighted by Crippen LogP contribution is 2.43. The summed E-state index contributed by atoms with van der Waals surface area (Å²) in [6.07, 6.45) is 3.10. The Morgan fingerprint density at radius 3 is 2.71 bits per heavy atom. The topological polar surface area (TPSA) is 192 Å². The van der Waals surface area contributed by atoms with Gasteiger partial charge in [-0.1, -0.05) is 17.7 Å². The molecule has 1 fully saturated rings. The van der Waals surface area contributed by atoms with E-state index in [9.17, 15) is 14.9 Å². The summed E-state index contributed by atoms with van der Waals surface area (Å²) in [5.41, 5.74) is 17.1. The van der Waals surface area contributed by atoms with Crippen LogP contribution in [0.25, 0.3) is 10.9 Å². The van der Waals surface area contributed by atoms with Crippen molar-refractivity contribution in [3.63, 3.8) is 0 Å². The first-order valence-electron chi connectivity index (χ1n) is 10.9. The van der Waals surface area contributed by atoms with Crippen molar-refractivity contribution in [1.29, 1.82) is 5.26 Å². The van der Waals surface area contributed by atoms with Crippen molar-refractivity contribution in [2.24, 2.45) is 11.7 Å². The van der Waals surface area contributed by atoms with E-state index >= 15 is 0 Å². The average Bonchev–Trinajstić information content (AvgIpc) is 3.61. The van der Waals surface area contributed by atoms with E-state index in [0.717, 1.165) is 12.8 Å². The zero-order valence-electron chi connectivity index (χ0n) is 18.3. The molecule has 1 amide bonds. The van der Waals surface area contributed by atoms with Gasteiger partial charge in [-0.25, -0.2) is 4.98 Å². The number of hydrogen-bond acceptors (Lipinski definition) is 9. The largest absolute Gasteiger partial charge is 0.382 e. The number of nitriles is 1. The molecule has 11 nitrogen and oxygen atoms in total. The SMILES string of the molecule is N#Cc1c(N)nc(N)nc1N[C@H](c1nc2cccc(Cl)c2c(=O)n1CCCCC(N)=O)C1CC1. The minimum absolute atomic E-state index is 0.0332. The number of amides is 1. The minimum atomic E-state index is -0.437. The Morgan fingerprint density at radius 1 is 1.26 bits per heavy atom. The Morgan fingerprint density at radius 2 is 2.03 bits per heavy atom. The molecule has 34 heavy (non-hydrogen) atoms. The summed E-state index contributed by atoms with van der Waals surface area (Å²) >= 11 is 6.34. The smallest absolute Gasteiger partial charge is 0.262 e. The van der Waals surface area contributed by atoms with Gasteiger partial charge in [0.2, 0.25) is 11.9 Å². The lowest BCUT2D eigenvalue weighted by atomic mass is 10.1. The van der Waals surface area contributed by atoms with Crippen LogP contribution in [0.1, 0.15) is 49.5 Å². The molecule has 7 N–H and O–H groups in total. The number of benzene rings is 1. The molecule has 4 rings (SSSR count). The fraction of sp³-hybridized carbons (Fsp3) is 0.364. The molecule has 1 aliphatic rings. The first-order chi connectivity index (χ1) is 16.3. The van der Waals surface area contributed by atoms with Gasteiger partial charge in [0.25, 0.3) is 5.56 Å². The van der Waals surface area contributed by atoms with E-state index in [1.165, 1.54) is 0 Å². The quantitative estimate of drug-likeness (QED) is 0.331. The highest BCUT2D eigenvalue weighted by molar-refractivity contribution is 6.35. The second kappa shape index (κ2) is 9.52. The van der Waals surface area contributed by atoms with Gasteiger partial charge >= 0.3 is 0 Å². The van der Waals surface area contributed by atoms with Gasteiger partial charge in [0.05, 0.1) is 22.0 Å². The third-order valence-electron chi connectivity index (χ3n) is 5.75. The van der Waals surface area contributed by atoms with E-state index in [2.05, 4.69) is 15.3 Å². The van der Waals surface area contributed by atoms with Crippen LogP contribution in [0, 0.1) is 17.2 Å². The third-order valence-corrected chi connectivity index (χ3v) is 6.06. The molecular weight excluding hydrogens is 458 g/mol. The predicted octanol–water partition coefficient (Wildman–Crippen LogP) is 2.09. The van der Waals surface area contributed by atoms with Crippen LogP contribution >= 0.6 is 11.6 Å². The van der Waals surface area contributed by atoms with Crippen LogP contribution in [0.3, 0.4) is 0 Å². The molecule has 0 aliphatic heterocycles. The van der Waals surface area contributed by atoms with Crippen molar-refractivity contribution < 1.29 is 4.79 Å². The lowest BCUT2D eigenvalue weighted by Crippen LogP contribution is -2.31. The Balaban J connectivity index is 1.82. The van der Waals surface area contributed by atoms with Gasteiger partial charge in [0.15, 0.2) is 5.82 Å². The molecule has 0 unspecified atom stereocenters. The Bertz CT molecular complexity index is 1360. The number of anilines is 3. The summed E-state index contributed by atoms with van der Waals surface area (Å²) in [4.78, 5) is 37.5. The fourth-order valence-corrected chi connectivity index (χ4v) is 4.19. The van der Waals surface area contributed by atoms with Crippen molar-refractivity contribution in [1.82, 2.24) is 19.5 Å². The number of aromatic nitrogens is 4. The summed E-state index contributed by atoms with van der Waals surface area (Å²) < 4.78 is 1.57. The van der Waals surface area contributed by atoms with Crippen molar-refractivity contribution in [2.45, 2.75) is 44.7 Å². The van der Waals surface area contributed by atoms with Gasteiger partial charge < -0.3 is 22.5 Å². The van der Waals surface area contributed by atoms with E-state index in [4.69, 9.17) is 33.8 Å². The van der Waals surface area contributed by atoms with Gasteiger partial charge in [-0.3, -0.25) is 14.2 Å². The highest BCUT2D eigenvalue weighted by atomic mass is 35.5. The fourth-order valence-electron chi connectivity index (χ4n) is 3.94. The lowest BCUT2D eigenvalue weighted by molar-refractivity contribution is -0.118. The summed E-state index contributed by atoms with van der Waals surface area (Å²) in [6.45, 7) is 0.319. The van der Waals surface area contributed by atoms with Crippen LogP contribution in [0.2, 0.25) is 5.02 Å².